The van der Waals surface area contributed by atoms with Crippen molar-refractivity contribution in [1.29, 1.82) is 0 Å². The molecule has 1 N–H and O–H groups in total. The number of carbonyl (C=O) groups is 1. The first-order valence-electron chi connectivity index (χ1n) is 8.53. The quantitative estimate of drug-likeness (QED) is 0.528. The number of aromatic nitrogens is 1. The zero-order valence-corrected chi connectivity index (χ0v) is 18.4. The van der Waals surface area contributed by atoms with E-state index in [1.807, 2.05) is 0 Å². The molecule has 0 bridgehead atoms. The number of anilines is 1. The van der Waals surface area contributed by atoms with Gasteiger partial charge in [-0.25, -0.2) is 26.5 Å². The van der Waals surface area contributed by atoms with Gasteiger partial charge in [-0.15, -0.1) is 23.1 Å². The van der Waals surface area contributed by atoms with Crippen LogP contribution in [-0.2, 0) is 14.8 Å². The second-order valence-electron chi connectivity index (χ2n) is 6.26. The van der Waals surface area contributed by atoms with Gasteiger partial charge in [0, 0.05) is 29.9 Å². The number of sulfonamides is 1. The van der Waals surface area contributed by atoms with Crippen LogP contribution in [0.5, 0.6) is 0 Å². The van der Waals surface area contributed by atoms with Gasteiger partial charge >= 0.3 is 0 Å². The van der Waals surface area contributed by atoms with Gasteiger partial charge in [-0.3, -0.25) is 4.79 Å². The van der Waals surface area contributed by atoms with Crippen LogP contribution < -0.4 is 5.32 Å². The van der Waals surface area contributed by atoms with E-state index >= 15 is 0 Å². The van der Waals surface area contributed by atoms with Gasteiger partial charge in [0.1, 0.15) is 0 Å². The molecule has 1 amide bonds. The number of carbonyl (C=O) groups excluding carboxylic acids is 1. The Bertz CT molecular complexity index is 1160. The molecule has 11 heteroatoms. The van der Waals surface area contributed by atoms with Gasteiger partial charge in [0.2, 0.25) is 15.9 Å². The standard InChI is InChI=1S/C19H17F2N3O3S3/c1-24(2)30(26,27)14-6-3-12(4-7-14)17-10-29-19(22-17)23-18(25)11-28-13-5-8-15(20)16(21)9-13/h3-10H,11H2,1-2H3,(H,22,23,25). The Hall–Kier alpha value is -2.34. The minimum Gasteiger partial charge on any atom is -0.301 e. The van der Waals surface area contributed by atoms with Gasteiger partial charge in [-0.2, -0.15) is 0 Å². The number of hydrogen-bond acceptors (Lipinski definition) is 6. The van der Waals surface area contributed by atoms with E-state index < -0.39 is 21.7 Å². The van der Waals surface area contributed by atoms with Crippen LogP contribution >= 0.6 is 23.1 Å². The number of nitrogens with one attached hydrogen (secondary N) is 1. The first kappa shape index (κ1) is 22.3. The summed E-state index contributed by atoms with van der Waals surface area (Å²) < 4.78 is 51.5. The van der Waals surface area contributed by atoms with Gasteiger partial charge < -0.3 is 5.32 Å². The van der Waals surface area contributed by atoms with E-state index in [0.29, 0.717) is 21.3 Å². The summed E-state index contributed by atoms with van der Waals surface area (Å²) >= 11 is 2.30. The summed E-state index contributed by atoms with van der Waals surface area (Å²) in [7, 11) is -0.585. The number of thioether (sulfide) groups is 1. The molecule has 158 valence electrons. The number of hydrogen-bond donors (Lipinski definition) is 1. The highest BCUT2D eigenvalue weighted by molar-refractivity contribution is 8.00. The van der Waals surface area contributed by atoms with Crippen molar-refractivity contribution in [3.05, 3.63) is 59.5 Å². The predicted octanol–water partition coefficient (Wildman–Crippen LogP) is 4.07. The zero-order chi connectivity index (χ0) is 21.9. The lowest BCUT2D eigenvalue weighted by molar-refractivity contribution is -0.113. The normalized spacial score (nSPS) is 11.6. The Labute approximate surface area is 181 Å². The Morgan fingerprint density at radius 1 is 1.13 bits per heavy atom. The Morgan fingerprint density at radius 3 is 2.47 bits per heavy atom. The minimum atomic E-state index is -3.51. The zero-order valence-electron chi connectivity index (χ0n) is 15.9. The number of benzene rings is 2. The fourth-order valence-corrected chi connectivity index (χ4v) is 4.70. The van der Waals surface area contributed by atoms with E-state index in [-0.39, 0.29) is 16.6 Å². The molecular formula is C19H17F2N3O3S3. The molecular weight excluding hydrogens is 452 g/mol. The number of thiazole rings is 1. The first-order chi connectivity index (χ1) is 14.2. The third-order valence-electron chi connectivity index (χ3n) is 3.94. The number of nitrogens with zero attached hydrogens (tertiary/aromatic N) is 2. The van der Waals surface area contributed by atoms with E-state index in [4.69, 9.17) is 0 Å². The van der Waals surface area contributed by atoms with Gasteiger partial charge in [0.25, 0.3) is 0 Å². The van der Waals surface area contributed by atoms with Crippen LogP contribution in [0.4, 0.5) is 13.9 Å². The highest BCUT2D eigenvalue weighted by Gasteiger charge is 2.17. The van der Waals surface area contributed by atoms with Crippen molar-refractivity contribution >= 4 is 44.2 Å². The summed E-state index contributed by atoms with van der Waals surface area (Å²) in [6.45, 7) is 0. The lowest BCUT2D eigenvalue weighted by Crippen LogP contribution is -2.22. The second kappa shape index (κ2) is 9.21. The molecule has 0 aliphatic rings. The van der Waals surface area contributed by atoms with Crippen molar-refractivity contribution in [2.24, 2.45) is 0 Å². The molecule has 0 spiro atoms. The smallest absolute Gasteiger partial charge is 0.242 e. The maximum atomic E-state index is 13.2. The molecule has 2 aromatic carbocycles. The Kier molecular flexibility index (Phi) is 6.86. The molecule has 0 aliphatic carbocycles. The summed E-state index contributed by atoms with van der Waals surface area (Å²) in [6.07, 6.45) is 0. The van der Waals surface area contributed by atoms with Crippen LogP contribution in [0.2, 0.25) is 0 Å². The van der Waals surface area contributed by atoms with E-state index in [1.165, 1.54) is 43.6 Å². The van der Waals surface area contributed by atoms with Gasteiger partial charge in [0.15, 0.2) is 16.8 Å². The summed E-state index contributed by atoms with van der Waals surface area (Å²) in [5.41, 5.74) is 1.30. The molecule has 6 nitrogen and oxygen atoms in total. The summed E-state index contributed by atoms with van der Waals surface area (Å²) in [4.78, 5) is 17.1. The fourth-order valence-electron chi connectivity index (χ4n) is 2.34. The average molecular weight is 470 g/mol. The van der Waals surface area contributed by atoms with E-state index in [2.05, 4.69) is 10.3 Å². The van der Waals surface area contributed by atoms with E-state index in [9.17, 15) is 22.0 Å². The molecule has 1 heterocycles. The summed E-state index contributed by atoms with van der Waals surface area (Å²) in [5, 5.41) is 4.78. The molecule has 3 rings (SSSR count). The third-order valence-corrected chi connectivity index (χ3v) is 7.52. The van der Waals surface area contributed by atoms with Crippen LogP contribution in [0.1, 0.15) is 0 Å². The van der Waals surface area contributed by atoms with E-state index in [1.54, 1.807) is 17.5 Å². The van der Waals surface area contributed by atoms with E-state index in [0.717, 1.165) is 28.2 Å². The number of amides is 1. The van der Waals surface area contributed by atoms with Crippen molar-refractivity contribution in [2.45, 2.75) is 9.79 Å². The van der Waals surface area contributed by atoms with Gasteiger partial charge in [-0.1, -0.05) is 12.1 Å². The lowest BCUT2D eigenvalue weighted by Gasteiger charge is -2.11. The van der Waals surface area contributed by atoms with Crippen LogP contribution in [0.25, 0.3) is 11.3 Å². The van der Waals surface area contributed by atoms with Crippen LogP contribution in [0.15, 0.2) is 57.6 Å². The van der Waals surface area contributed by atoms with Crippen LogP contribution in [-0.4, -0.2) is 43.5 Å². The van der Waals surface area contributed by atoms with Crippen molar-refractivity contribution in [2.75, 3.05) is 25.2 Å². The minimum absolute atomic E-state index is 0.0110. The van der Waals surface area contributed by atoms with Crippen molar-refractivity contribution in [3.63, 3.8) is 0 Å². The molecule has 0 radical (unpaired) electrons. The van der Waals surface area contributed by atoms with Crippen molar-refractivity contribution in [1.82, 2.24) is 9.29 Å². The summed E-state index contributed by atoms with van der Waals surface area (Å²) in [6, 6.07) is 9.75. The van der Waals surface area contributed by atoms with Gasteiger partial charge in [0.05, 0.1) is 16.3 Å². The number of halogens is 2. The number of rotatable bonds is 7. The SMILES string of the molecule is CN(C)S(=O)(=O)c1ccc(-c2csc(NC(=O)CSc3ccc(F)c(F)c3)n2)cc1. The molecule has 0 unspecified atom stereocenters. The fraction of sp³-hybridized carbons (Fsp3) is 0.158. The molecule has 3 aromatic rings. The van der Waals surface area contributed by atoms with Crippen LogP contribution in [0.3, 0.4) is 0 Å². The molecule has 0 aliphatic heterocycles. The molecule has 30 heavy (non-hydrogen) atoms. The Morgan fingerprint density at radius 2 is 1.83 bits per heavy atom. The maximum Gasteiger partial charge on any atom is 0.242 e. The highest BCUT2D eigenvalue weighted by atomic mass is 32.2. The monoisotopic (exact) mass is 469 g/mol. The molecule has 0 saturated heterocycles. The Balaban J connectivity index is 1.62. The predicted molar refractivity (Wildman–Crippen MR) is 114 cm³/mol. The summed E-state index contributed by atoms with van der Waals surface area (Å²) in [5.74, 6) is -2.23. The highest BCUT2D eigenvalue weighted by Crippen LogP contribution is 2.27. The molecule has 1 aromatic heterocycles. The van der Waals surface area contributed by atoms with Crippen molar-refractivity contribution < 1.29 is 22.0 Å². The first-order valence-corrected chi connectivity index (χ1v) is 11.8. The molecule has 0 saturated carbocycles. The second-order valence-corrected chi connectivity index (χ2v) is 10.3. The van der Waals surface area contributed by atoms with Crippen molar-refractivity contribution in [3.8, 4) is 11.3 Å². The average Bonchev–Trinajstić information content (AvgIpc) is 3.17. The van der Waals surface area contributed by atoms with Gasteiger partial charge in [-0.05, 0) is 30.3 Å². The lowest BCUT2D eigenvalue weighted by atomic mass is 10.2. The molecule has 0 fully saturated rings. The van der Waals surface area contributed by atoms with Crippen LogP contribution in [0, 0.1) is 11.6 Å². The third kappa shape index (κ3) is 5.22. The largest absolute Gasteiger partial charge is 0.301 e. The molecule has 0 atom stereocenters. The maximum absolute atomic E-state index is 13.2. The topological polar surface area (TPSA) is 79.4 Å².